The van der Waals surface area contributed by atoms with E-state index in [0.717, 1.165) is 57.8 Å². The Kier molecular flexibility index (Phi) is 43.4. The highest BCUT2D eigenvalue weighted by molar-refractivity contribution is 6.01. The number of aliphatic hydroxyl groups is 7. The van der Waals surface area contributed by atoms with Gasteiger partial charge in [-0.05, 0) is 96.9 Å². The fraction of sp³-hybridized carbons (Fsp3) is 0.692. The summed E-state index contributed by atoms with van der Waals surface area (Å²) in [5, 5.41) is 110. The van der Waals surface area contributed by atoms with Crippen LogP contribution in [0.5, 0.6) is 5.75 Å². The molecule has 0 spiro atoms. The number of esters is 1. The van der Waals surface area contributed by atoms with Gasteiger partial charge in [-0.25, -0.2) is 4.98 Å². The molecule has 42 nitrogen and oxygen atoms in total. The van der Waals surface area contributed by atoms with Crippen molar-refractivity contribution in [3.8, 4) is 5.75 Å². The van der Waals surface area contributed by atoms with Crippen LogP contribution in [0.4, 0.5) is 5.69 Å². The molecule has 0 unspecified atom stereocenters. The van der Waals surface area contributed by atoms with Gasteiger partial charge in [0.2, 0.25) is 82.7 Å². The quantitative estimate of drug-likeness (QED) is 0.0167. The van der Waals surface area contributed by atoms with Crippen molar-refractivity contribution < 1.29 is 118 Å². The number of carbonyl (C=O) groups is 15. The Morgan fingerprint density at radius 1 is 0.592 bits per heavy atom. The summed E-state index contributed by atoms with van der Waals surface area (Å²) in [6.45, 7) is 10.8. The van der Waals surface area contributed by atoms with E-state index in [1.807, 2.05) is 0 Å². The Bertz CT molecular complexity index is 3740. The molecule has 2 aliphatic rings. The number of carbonyl (C=O) groups excluding carboxylic acids is 15. The summed E-state index contributed by atoms with van der Waals surface area (Å²) in [6, 6.07) is -15.6. The van der Waals surface area contributed by atoms with Crippen LogP contribution in [-0.4, -0.2) is 291 Å². The Hall–Kier alpha value is -10.1. The van der Waals surface area contributed by atoms with Crippen molar-refractivity contribution in [2.75, 3.05) is 31.5 Å². The van der Waals surface area contributed by atoms with Crippen LogP contribution in [-0.2, 0) is 89.5 Å². The van der Waals surface area contributed by atoms with Crippen molar-refractivity contribution in [3.05, 3.63) is 42.0 Å². The summed E-state index contributed by atoms with van der Waals surface area (Å²) < 4.78 is 5.87. The van der Waals surface area contributed by atoms with Gasteiger partial charge in [0.1, 0.15) is 72.3 Å². The normalized spacial score (nSPS) is 19.2. The van der Waals surface area contributed by atoms with E-state index in [-0.39, 0.29) is 30.5 Å². The second kappa shape index (κ2) is 50.9. The number of phenols is 1. The third-order valence-electron chi connectivity index (χ3n) is 20.7. The standard InChI is InChI=1S/C78H128N18O24/c1-10-11-12-13-14-15-16-17-18-19-20-23-49(120-78(119)40(4)22-21-27-79)33-58(106)89-62(43(7)98)73(114)86-41(5)68(109)88-52(30-46-24-25-54(102)51(29-46)87-69(110)50(80)31-47-35-83-38-85-47)70(111)91-60(39(2)3)76(117)96-37-48(101)32-53(96)71(112)92-63(44(8)99)74(115)93-64(45(9)100)77(118)95-28-26-55(103)66(95)75(116)94-65(56(104)34-57(81)105)72(113)84-36-59(107)90-61(42(6)97)67(82)108/h24-25,29,35,38-45,48-50,52-53,55-56,60-66,97-104H,10-23,26-28,30-34,36-37,79-80H2,1-9H3,(H2,81,105)(H2,82,108)(H,83,85)(H,84,113)(H,86,114)(H,87,110)(H,88,109)(H,89,106)(H,90,107)(H,91,111)(H,92,112)(H,93,115)(H,94,116)/t40-,41+,42+,43+,44+,45+,48+,49+,50+,52-,53-,55-,56+,60-,61+,62+,63+,64-,65-,66-/m0/s1. The number of nitrogens with one attached hydrogen (secondary N) is 11. The summed E-state index contributed by atoms with van der Waals surface area (Å²) in [6.07, 6.45) is 0.0195. The Morgan fingerprint density at radius 3 is 1.73 bits per heavy atom. The molecule has 120 heavy (non-hydrogen) atoms. The Labute approximate surface area is 696 Å². The van der Waals surface area contributed by atoms with Crippen molar-refractivity contribution in [3.63, 3.8) is 0 Å². The lowest BCUT2D eigenvalue weighted by Crippen LogP contribution is -2.64. The number of ether oxygens (including phenoxy) is 1. The number of hydrogen-bond donors (Lipinski definition) is 23. The highest BCUT2D eigenvalue weighted by atomic mass is 16.5. The first-order valence-corrected chi connectivity index (χ1v) is 40.9. The predicted octanol–water partition coefficient (Wildman–Crippen LogP) is -5.62. The van der Waals surface area contributed by atoms with Gasteiger partial charge in [-0.15, -0.1) is 0 Å². The molecular weight excluding hydrogens is 1570 g/mol. The number of likely N-dealkylation sites (tertiary alicyclic amines) is 2. The highest BCUT2D eigenvalue weighted by Gasteiger charge is 2.48. The molecule has 20 atom stereocenters. The summed E-state index contributed by atoms with van der Waals surface area (Å²) in [5.41, 5.74) is 22.8. The molecule has 2 aromatic rings. The first kappa shape index (κ1) is 102. The largest absolute Gasteiger partial charge is 0.506 e. The van der Waals surface area contributed by atoms with Gasteiger partial charge in [-0.1, -0.05) is 98.0 Å². The number of phenolic OH excluding ortho intramolecular Hbond substituents is 1. The molecule has 2 aliphatic heterocycles. The molecule has 3 heterocycles. The monoisotopic (exact) mass is 1700 g/mol. The number of β-amino-alcohol motifs (C(OH)–C–C–N with tert-alkyl or cyclic N) is 1. The number of aliphatic hydroxyl groups excluding tert-OH is 7. The number of aromatic amines is 1. The van der Waals surface area contributed by atoms with Gasteiger partial charge in [0.05, 0.1) is 86.1 Å². The van der Waals surface area contributed by atoms with Gasteiger partial charge in [0.15, 0.2) is 0 Å². The zero-order chi connectivity index (χ0) is 89.9. The molecule has 0 bridgehead atoms. The average Bonchev–Trinajstić information content (AvgIpc) is 1.62. The number of aromatic nitrogens is 2. The number of nitrogens with two attached hydrogens (primary N) is 4. The second-order valence-corrected chi connectivity index (χ2v) is 31.5. The number of nitrogens with zero attached hydrogens (tertiary/aromatic N) is 3. The molecule has 0 radical (unpaired) electrons. The van der Waals surface area contributed by atoms with Crippen LogP contribution in [0.15, 0.2) is 30.7 Å². The van der Waals surface area contributed by atoms with Crippen LogP contribution in [0.25, 0.3) is 0 Å². The van der Waals surface area contributed by atoms with Gasteiger partial charge in [0.25, 0.3) is 0 Å². The summed E-state index contributed by atoms with van der Waals surface area (Å²) in [5.74, 6) is -18.1. The van der Waals surface area contributed by atoms with E-state index in [4.69, 9.17) is 27.7 Å². The van der Waals surface area contributed by atoms with E-state index in [0.29, 0.717) is 42.8 Å². The van der Waals surface area contributed by atoms with Gasteiger partial charge in [-0.2, -0.15) is 0 Å². The average molecular weight is 1700 g/mol. The molecule has 0 saturated carbocycles. The minimum atomic E-state index is -2.15. The topological polar surface area (TPSA) is 687 Å². The summed E-state index contributed by atoms with van der Waals surface area (Å²) in [4.78, 5) is 214. The number of H-pyrrole nitrogens is 1. The lowest BCUT2D eigenvalue weighted by Gasteiger charge is -2.34. The maximum atomic E-state index is 15.0. The maximum absolute atomic E-state index is 15.0. The van der Waals surface area contributed by atoms with Crippen molar-refractivity contribution in [1.29, 1.82) is 0 Å². The summed E-state index contributed by atoms with van der Waals surface area (Å²) >= 11 is 0. The van der Waals surface area contributed by atoms with E-state index < -0.39 is 260 Å². The number of anilines is 1. The SMILES string of the molecule is CCCCCCCCCCCCC[C@H](CC(=O)N[C@@H](C(=O)N[C@H](C)C(=O)N[C@@H](Cc1ccc(O)c(NC(=O)[C@H](N)Cc2cnc[nH]2)c1)C(=O)N[C@H](C(=O)N1C[C@H](O)C[C@H]1C(=O)N[C@@H](C(=O)N[C@H](C(=O)N1CC[C@H](O)[C@H]1C(=O)N[C@H](C(=O)NCC(=O)N[C@@H](C(N)=O)[C@@H](C)O)[C@H](O)CC(N)=O)[C@@H](C)O)[C@@H](C)O)C(C)C)[C@@H](C)O)OC(=O)[C@@H](C)CCCN. The molecular formula is C78H128N18O24. The molecule has 27 N–H and O–H groups in total. The Balaban J connectivity index is 1.59. The zero-order valence-corrected chi connectivity index (χ0v) is 69.7. The third-order valence-corrected chi connectivity index (χ3v) is 20.7. The van der Waals surface area contributed by atoms with E-state index in [9.17, 15) is 103 Å². The van der Waals surface area contributed by atoms with E-state index >= 15 is 9.59 Å². The van der Waals surface area contributed by atoms with Crippen molar-refractivity contribution >= 4 is 94.4 Å². The lowest BCUT2D eigenvalue weighted by molar-refractivity contribution is -0.155. The van der Waals surface area contributed by atoms with Crippen LogP contribution >= 0.6 is 0 Å². The number of unbranched alkanes of at least 4 members (excludes halogenated alkanes) is 10. The number of amides is 14. The van der Waals surface area contributed by atoms with Crippen LogP contribution in [0.3, 0.4) is 0 Å². The number of hydrogen-bond acceptors (Lipinski definition) is 27. The minimum absolute atomic E-state index is 0.00185. The predicted molar refractivity (Wildman–Crippen MR) is 431 cm³/mol. The Morgan fingerprint density at radius 2 is 1.16 bits per heavy atom. The second-order valence-electron chi connectivity index (χ2n) is 31.5. The maximum Gasteiger partial charge on any atom is 0.308 e. The van der Waals surface area contributed by atoms with Crippen molar-refractivity contribution in [2.45, 2.75) is 306 Å². The zero-order valence-electron chi connectivity index (χ0n) is 69.7. The highest BCUT2D eigenvalue weighted by Crippen LogP contribution is 2.28. The summed E-state index contributed by atoms with van der Waals surface area (Å²) in [7, 11) is 0. The number of primary amides is 2. The number of aromatic hydroxyl groups is 1. The third kappa shape index (κ3) is 33.1. The molecule has 674 valence electrons. The smallest absolute Gasteiger partial charge is 0.308 e. The van der Waals surface area contributed by atoms with E-state index in [1.165, 1.54) is 90.5 Å². The van der Waals surface area contributed by atoms with Crippen LogP contribution < -0.4 is 76.1 Å². The molecule has 4 rings (SSSR count). The van der Waals surface area contributed by atoms with Crippen LogP contribution in [0.2, 0.25) is 0 Å². The fourth-order valence-corrected chi connectivity index (χ4v) is 13.7. The molecule has 1 aromatic carbocycles. The van der Waals surface area contributed by atoms with Gasteiger partial charge >= 0.3 is 5.97 Å². The first-order valence-electron chi connectivity index (χ1n) is 40.9. The van der Waals surface area contributed by atoms with Crippen molar-refractivity contribution in [2.24, 2.45) is 34.8 Å². The number of benzene rings is 1. The lowest BCUT2D eigenvalue weighted by atomic mass is 9.99. The molecule has 1 aromatic heterocycles. The molecule has 0 aliphatic carbocycles. The molecule has 2 saturated heterocycles. The molecule has 2 fully saturated rings. The fourth-order valence-electron chi connectivity index (χ4n) is 13.7. The van der Waals surface area contributed by atoms with Gasteiger partial charge in [0, 0.05) is 44.2 Å². The minimum Gasteiger partial charge on any atom is -0.506 e. The first-order chi connectivity index (χ1) is 56.5. The van der Waals surface area contributed by atoms with Crippen LogP contribution in [0.1, 0.15) is 189 Å². The molecule has 42 heteroatoms. The molecule has 14 amide bonds. The van der Waals surface area contributed by atoms with Crippen molar-refractivity contribution in [1.82, 2.24) is 67.6 Å². The number of imidazole rings is 1. The van der Waals surface area contributed by atoms with E-state index in [2.05, 4.69) is 70.1 Å². The number of rotatable bonds is 53. The van der Waals surface area contributed by atoms with E-state index in [1.54, 1.807) is 6.92 Å². The van der Waals surface area contributed by atoms with Crippen LogP contribution in [0, 0.1) is 11.8 Å². The van der Waals surface area contributed by atoms with Gasteiger partial charge in [-0.3, -0.25) is 71.9 Å². The van der Waals surface area contributed by atoms with Gasteiger partial charge < -0.3 is 136 Å².